The molecule has 1 saturated carbocycles. The van der Waals surface area contributed by atoms with Gasteiger partial charge in [-0.2, -0.15) is 5.26 Å². The number of hydrogen-bond acceptors (Lipinski definition) is 3. The molecular weight excluding hydrogens is 268 g/mol. The van der Waals surface area contributed by atoms with Crippen LogP contribution in [-0.2, 0) is 4.79 Å². The maximum atomic E-state index is 12.6. The number of aliphatic carboxylic acids is 1. The van der Waals surface area contributed by atoms with Crippen LogP contribution >= 0.6 is 0 Å². The third-order valence-corrected chi connectivity index (χ3v) is 4.25. The van der Waals surface area contributed by atoms with Gasteiger partial charge in [-0.1, -0.05) is 12.5 Å². The molecule has 1 aromatic heterocycles. The Morgan fingerprint density at radius 1 is 1.29 bits per heavy atom. The molecule has 5 heteroatoms. The van der Waals surface area contributed by atoms with E-state index >= 15 is 0 Å². The predicted octanol–water partition coefficient (Wildman–Crippen LogP) is 2.72. The molecule has 0 saturated heterocycles. The molecule has 2 unspecified atom stereocenters. The number of nitrogens with zero attached hydrogens (tertiary/aromatic N) is 1. The number of aromatic amines is 1. The fraction of sp³-hybridized carbons (Fsp3) is 0.312. The SMILES string of the molecule is N#Cc1ccc2c(C(=O)C3CCCC3C(=O)O)c[nH]c2c1. The first-order valence-corrected chi connectivity index (χ1v) is 6.90. The van der Waals surface area contributed by atoms with E-state index in [1.807, 2.05) is 0 Å². The summed E-state index contributed by atoms with van der Waals surface area (Å²) in [6.07, 6.45) is 3.57. The average molecular weight is 282 g/mol. The second-order valence-electron chi connectivity index (χ2n) is 5.42. The zero-order valence-corrected chi connectivity index (χ0v) is 11.3. The van der Waals surface area contributed by atoms with E-state index in [4.69, 9.17) is 5.26 Å². The smallest absolute Gasteiger partial charge is 0.307 e. The molecule has 0 bridgehead atoms. The molecule has 1 aromatic carbocycles. The van der Waals surface area contributed by atoms with Gasteiger partial charge < -0.3 is 10.1 Å². The summed E-state index contributed by atoms with van der Waals surface area (Å²) < 4.78 is 0. The summed E-state index contributed by atoms with van der Waals surface area (Å²) in [6.45, 7) is 0. The van der Waals surface area contributed by atoms with Gasteiger partial charge in [0.2, 0.25) is 0 Å². The van der Waals surface area contributed by atoms with Crippen LogP contribution in [-0.4, -0.2) is 21.8 Å². The number of fused-ring (bicyclic) bond motifs is 1. The molecule has 1 heterocycles. The molecule has 0 spiro atoms. The van der Waals surface area contributed by atoms with Gasteiger partial charge in [-0.15, -0.1) is 0 Å². The van der Waals surface area contributed by atoms with Crippen molar-refractivity contribution in [2.75, 3.05) is 0 Å². The molecule has 3 rings (SSSR count). The Kier molecular flexibility index (Phi) is 3.22. The lowest BCUT2D eigenvalue weighted by Crippen LogP contribution is -2.25. The molecule has 1 fully saturated rings. The van der Waals surface area contributed by atoms with E-state index in [-0.39, 0.29) is 5.78 Å². The summed E-state index contributed by atoms with van der Waals surface area (Å²) in [6, 6.07) is 7.14. The van der Waals surface area contributed by atoms with Gasteiger partial charge in [0.05, 0.1) is 17.6 Å². The maximum Gasteiger partial charge on any atom is 0.307 e. The molecule has 21 heavy (non-hydrogen) atoms. The van der Waals surface area contributed by atoms with Crippen molar-refractivity contribution in [3.8, 4) is 6.07 Å². The van der Waals surface area contributed by atoms with Gasteiger partial charge in [0.15, 0.2) is 5.78 Å². The number of rotatable bonds is 3. The number of nitriles is 1. The first-order chi connectivity index (χ1) is 10.1. The Morgan fingerprint density at radius 2 is 2.05 bits per heavy atom. The van der Waals surface area contributed by atoms with Gasteiger partial charge in [-0.3, -0.25) is 9.59 Å². The summed E-state index contributed by atoms with van der Waals surface area (Å²) >= 11 is 0. The summed E-state index contributed by atoms with van der Waals surface area (Å²) in [5.41, 5.74) is 1.77. The molecule has 2 atom stereocenters. The van der Waals surface area contributed by atoms with Gasteiger partial charge in [-0.25, -0.2) is 0 Å². The summed E-state index contributed by atoms with van der Waals surface area (Å²) in [7, 11) is 0. The van der Waals surface area contributed by atoms with Crippen molar-refractivity contribution in [1.29, 1.82) is 5.26 Å². The van der Waals surface area contributed by atoms with Crippen LogP contribution in [0.2, 0.25) is 0 Å². The Bertz CT molecular complexity index is 769. The molecule has 1 aliphatic rings. The van der Waals surface area contributed by atoms with Crippen LogP contribution in [0.5, 0.6) is 0 Å². The monoisotopic (exact) mass is 282 g/mol. The van der Waals surface area contributed by atoms with Crippen molar-refractivity contribution in [2.45, 2.75) is 19.3 Å². The molecule has 0 aliphatic heterocycles. The molecular formula is C16H14N2O3. The molecule has 2 aromatic rings. The van der Waals surface area contributed by atoms with Gasteiger partial charge in [-0.05, 0) is 25.0 Å². The minimum atomic E-state index is -0.891. The van der Waals surface area contributed by atoms with Crippen molar-refractivity contribution in [3.05, 3.63) is 35.5 Å². The van der Waals surface area contributed by atoms with E-state index in [0.717, 1.165) is 17.3 Å². The van der Waals surface area contributed by atoms with Crippen LogP contribution in [0.3, 0.4) is 0 Å². The number of nitrogens with one attached hydrogen (secondary N) is 1. The lowest BCUT2D eigenvalue weighted by Gasteiger charge is -2.13. The lowest BCUT2D eigenvalue weighted by atomic mass is 9.88. The van der Waals surface area contributed by atoms with E-state index in [1.54, 1.807) is 24.4 Å². The second-order valence-corrected chi connectivity index (χ2v) is 5.42. The minimum Gasteiger partial charge on any atom is -0.481 e. The van der Waals surface area contributed by atoms with Crippen LogP contribution in [0, 0.1) is 23.2 Å². The highest BCUT2D eigenvalue weighted by molar-refractivity contribution is 6.10. The molecule has 106 valence electrons. The third kappa shape index (κ3) is 2.19. The van der Waals surface area contributed by atoms with Gasteiger partial charge in [0, 0.05) is 28.6 Å². The number of aromatic nitrogens is 1. The van der Waals surface area contributed by atoms with Gasteiger partial charge in [0.25, 0.3) is 0 Å². The zero-order valence-electron chi connectivity index (χ0n) is 11.3. The highest BCUT2D eigenvalue weighted by atomic mass is 16.4. The first kappa shape index (κ1) is 13.4. The van der Waals surface area contributed by atoms with E-state index in [9.17, 15) is 14.7 Å². The fourth-order valence-electron chi connectivity index (χ4n) is 3.17. The summed E-state index contributed by atoms with van der Waals surface area (Å²) in [4.78, 5) is 26.9. The topological polar surface area (TPSA) is 93.9 Å². The van der Waals surface area contributed by atoms with Crippen LogP contribution in [0.4, 0.5) is 0 Å². The fourth-order valence-corrected chi connectivity index (χ4v) is 3.17. The summed E-state index contributed by atoms with van der Waals surface area (Å²) in [5, 5.41) is 18.8. The van der Waals surface area contributed by atoms with Crippen molar-refractivity contribution in [2.24, 2.45) is 11.8 Å². The second kappa shape index (κ2) is 5.06. The number of Topliss-reactive ketones (excluding diaryl/α,β-unsaturated/α-hetero) is 1. The van der Waals surface area contributed by atoms with Gasteiger partial charge in [0.1, 0.15) is 0 Å². The molecule has 1 aliphatic carbocycles. The Morgan fingerprint density at radius 3 is 2.76 bits per heavy atom. The normalized spacial score (nSPS) is 21.3. The lowest BCUT2D eigenvalue weighted by molar-refractivity contribution is -0.142. The molecule has 0 radical (unpaired) electrons. The van der Waals surface area contributed by atoms with Crippen LogP contribution in [0.1, 0.15) is 35.2 Å². The van der Waals surface area contributed by atoms with Crippen molar-refractivity contribution < 1.29 is 14.7 Å². The maximum absolute atomic E-state index is 12.6. The highest BCUT2D eigenvalue weighted by Gasteiger charge is 2.38. The Hall–Kier alpha value is -2.61. The largest absolute Gasteiger partial charge is 0.481 e. The molecule has 2 N–H and O–H groups in total. The quantitative estimate of drug-likeness (QED) is 0.846. The first-order valence-electron chi connectivity index (χ1n) is 6.90. The highest BCUT2D eigenvalue weighted by Crippen LogP contribution is 2.35. The number of carbonyl (C=O) groups excluding carboxylic acids is 1. The van der Waals surface area contributed by atoms with E-state index in [0.29, 0.717) is 24.0 Å². The average Bonchev–Trinajstić information content (AvgIpc) is 3.12. The van der Waals surface area contributed by atoms with E-state index in [1.165, 1.54) is 0 Å². The Balaban J connectivity index is 1.99. The summed E-state index contributed by atoms with van der Waals surface area (Å²) in [5.74, 6) is -2.04. The van der Waals surface area contributed by atoms with Gasteiger partial charge >= 0.3 is 5.97 Å². The van der Waals surface area contributed by atoms with Crippen LogP contribution in [0.25, 0.3) is 10.9 Å². The number of carboxylic acid groups (broad SMARTS) is 1. The number of hydrogen-bond donors (Lipinski definition) is 2. The zero-order chi connectivity index (χ0) is 15.0. The van der Waals surface area contributed by atoms with E-state index in [2.05, 4.69) is 11.1 Å². The standard InChI is InChI=1S/C16H14N2O3/c17-7-9-4-5-10-13(8-18-14(10)6-9)15(19)11-2-1-3-12(11)16(20)21/h4-6,8,11-12,18H,1-3H2,(H,20,21). The van der Waals surface area contributed by atoms with Crippen LogP contribution < -0.4 is 0 Å². The van der Waals surface area contributed by atoms with Crippen molar-refractivity contribution in [3.63, 3.8) is 0 Å². The number of ketones is 1. The molecule has 5 nitrogen and oxygen atoms in total. The molecule has 0 amide bonds. The number of carbonyl (C=O) groups is 2. The van der Waals surface area contributed by atoms with Crippen molar-refractivity contribution >= 4 is 22.7 Å². The number of carboxylic acids is 1. The van der Waals surface area contributed by atoms with Crippen LogP contribution in [0.15, 0.2) is 24.4 Å². The predicted molar refractivity (Wildman–Crippen MR) is 75.8 cm³/mol. The number of H-pyrrole nitrogens is 1. The van der Waals surface area contributed by atoms with E-state index < -0.39 is 17.8 Å². The minimum absolute atomic E-state index is 0.115. The third-order valence-electron chi connectivity index (χ3n) is 4.25. The Labute approximate surface area is 121 Å². The van der Waals surface area contributed by atoms with Crippen molar-refractivity contribution in [1.82, 2.24) is 4.98 Å². The number of benzene rings is 1.